The minimum atomic E-state index is 0.421. The van der Waals surface area contributed by atoms with Crippen LogP contribution in [0.4, 0.5) is 0 Å². The van der Waals surface area contributed by atoms with Crippen LogP contribution in [-0.2, 0) is 5.75 Å². The molecule has 0 aliphatic rings. The lowest BCUT2D eigenvalue weighted by molar-refractivity contribution is 0.865. The highest BCUT2D eigenvalue weighted by Crippen LogP contribution is 2.27. The van der Waals surface area contributed by atoms with Gasteiger partial charge in [0.1, 0.15) is 0 Å². The van der Waals surface area contributed by atoms with Crippen LogP contribution in [-0.4, -0.2) is 6.54 Å². The minimum absolute atomic E-state index is 0.421. The molecular weight excluding hydrogens is 282 g/mol. The van der Waals surface area contributed by atoms with E-state index in [-0.39, 0.29) is 0 Å². The van der Waals surface area contributed by atoms with E-state index in [9.17, 15) is 0 Å². The number of hydrogen-bond acceptors (Lipinski definition) is 3. The largest absolute Gasteiger partial charge is 0.320 e. The first-order chi connectivity index (χ1) is 9.69. The zero-order chi connectivity index (χ0) is 14.4. The van der Waals surface area contributed by atoms with E-state index in [4.69, 9.17) is 5.73 Å². The summed E-state index contributed by atoms with van der Waals surface area (Å²) < 4.78 is 0. The van der Waals surface area contributed by atoms with E-state index in [1.54, 1.807) is 11.3 Å². The van der Waals surface area contributed by atoms with Crippen LogP contribution < -0.4 is 5.73 Å². The molecule has 2 N–H and O–H groups in total. The summed E-state index contributed by atoms with van der Waals surface area (Å²) in [6, 6.07) is 13.1. The Morgan fingerprint density at radius 3 is 2.55 bits per heavy atom. The molecule has 0 unspecified atom stereocenters. The maximum Gasteiger partial charge on any atom is 0.0772 e. The molecule has 104 valence electrons. The van der Waals surface area contributed by atoms with E-state index in [0.29, 0.717) is 12.5 Å². The summed E-state index contributed by atoms with van der Waals surface area (Å²) in [5.41, 5.74) is 6.77. The molecule has 20 heavy (non-hydrogen) atoms. The summed E-state index contributed by atoms with van der Waals surface area (Å²) in [5.74, 6) is 7.56. The molecule has 0 spiro atoms. The normalized spacial score (nSPS) is 10.4. The fourth-order valence-electron chi connectivity index (χ4n) is 1.76. The molecule has 2 rings (SSSR count). The Morgan fingerprint density at radius 2 is 1.90 bits per heavy atom. The van der Waals surface area contributed by atoms with E-state index in [2.05, 4.69) is 62.1 Å². The van der Waals surface area contributed by atoms with Gasteiger partial charge >= 0.3 is 0 Å². The average molecular weight is 301 g/mol. The van der Waals surface area contributed by atoms with Crippen LogP contribution in [0.3, 0.4) is 0 Å². The lowest BCUT2D eigenvalue weighted by Crippen LogP contribution is -1.92. The number of thiophene rings is 1. The summed E-state index contributed by atoms with van der Waals surface area (Å²) in [4.78, 5) is 3.77. The van der Waals surface area contributed by atoms with E-state index in [1.807, 2.05) is 11.8 Å². The Bertz CT molecular complexity index is 600. The van der Waals surface area contributed by atoms with Gasteiger partial charge in [0.25, 0.3) is 0 Å². The van der Waals surface area contributed by atoms with Gasteiger partial charge in [0.05, 0.1) is 11.4 Å². The monoisotopic (exact) mass is 301 g/mol. The first-order valence-electron chi connectivity index (χ1n) is 6.69. The molecule has 2 aromatic rings. The maximum absolute atomic E-state index is 5.38. The van der Waals surface area contributed by atoms with Gasteiger partial charge in [-0.1, -0.05) is 37.8 Å². The second-order valence-electron chi connectivity index (χ2n) is 4.78. The molecular formula is C17H19NS2. The van der Waals surface area contributed by atoms with Crippen molar-refractivity contribution in [3.63, 3.8) is 0 Å². The molecule has 0 fully saturated rings. The van der Waals surface area contributed by atoms with Crippen LogP contribution in [0.5, 0.6) is 0 Å². The summed E-state index contributed by atoms with van der Waals surface area (Å²) >= 11 is 3.62. The Kier molecular flexibility index (Phi) is 5.72. The molecule has 3 heteroatoms. The average Bonchev–Trinajstić information content (AvgIpc) is 2.91. The van der Waals surface area contributed by atoms with Crippen molar-refractivity contribution in [3.8, 4) is 11.8 Å². The molecule has 1 heterocycles. The lowest BCUT2D eigenvalue weighted by Gasteiger charge is -2.06. The summed E-state index contributed by atoms with van der Waals surface area (Å²) in [6.07, 6.45) is 0. The predicted octanol–water partition coefficient (Wildman–Crippen LogP) is 4.47. The second-order valence-corrected chi connectivity index (χ2v) is 7.00. The highest BCUT2D eigenvalue weighted by Gasteiger charge is 2.02. The van der Waals surface area contributed by atoms with Crippen LogP contribution in [0.2, 0.25) is 0 Å². The number of hydrogen-bond donors (Lipinski definition) is 1. The Hall–Kier alpha value is -1.21. The van der Waals surface area contributed by atoms with Crippen LogP contribution in [0.25, 0.3) is 0 Å². The zero-order valence-corrected chi connectivity index (χ0v) is 13.5. The van der Waals surface area contributed by atoms with Gasteiger partial charge in [-0.05, 0) is 35.7 Å². The fraction of sp³-hybridized carbons (Fsp3) is 0.294. The third-order valence-corrected chi connectivity index (χ3v) is 5.15. The molecule has 1 aromatic heterocycles. The van der Waals surface area contributed by atoms with E-state index in [0.717, 1.165) is 10.6 Å². The zero-order valence-electron chi connectivity index (χ0n) is 11.8. The van der Waals surface area contributed by atoms with Crippen molar-refractivity contribution in [2.24, 2.45) is 5.73 Å². The molecule has 0 atom stereocenters. The number of nitrogens with two attached hydrogens (primary N) is 1. The molecule has 0 saturated heterocycles. The van der Waals surface area contributed by atoms with Gasteiger partial charge < -0.3 is 5.73 Å². The van der Waals surface area contributed by atoms with E-state index < -0.39 is 0 Å². The highest BCUT2D eigenvalue weighted by atomic mass is 32.2. The van der Waals surface area contributed by atoms with E-state index in [1.165, 1.54) is 15.3 Å². The molecule has 0 bridgehead atoms. The Morgan fingerprint density at radius 1 is 1.15 bits per heavy atom. The second kappa shape index (κ2) is 7.54. The smallest absolute Gasteiger partial charge is 0.0772 e. The molecule has 0 saturated carbocycles. The topological polar surface area (TPSA) is 26.0 Å². The van der Waals surface area contributed by atoms with Crippen molar-refractivity contribution < 1.29 is 0 Å². The van der Waals surface area contributed by atoms with Gasteiger partial charge in [-0.2, -0.15) is 0 Å². The van der Waals surface area contributed by atoms with Gasteiger partial charge in [0.15, 0.2) is 0 Å². The highest BCUT2D eigenvalue weighted by molar-refractivity contribution is 7.98. The van der Waals surface area contributed by atoms with Crippen LogP contribution >= 0.6 is 23.1 Å². The number of thioether (sulfide) groups is 1. The molecule has 0 aliphatic heterocycles. The molecule has 0 aliphatic carbocycles. The summed E-state index contributed by atoms with van der Waals surface area (Å²) in [6.45, 7) is 4.86. The summed E-state index contributed by atoms with van der Waals surface area (Å²) in [5, 5.41) is 0. The SMILES string of the molecule is CC(C)c1ccc(SCc2ccc(C#CCN)s2)cc1. The van der Waals surface area contributed by atoms with E-state index >= 15 is 0 Å². The van der Waals surface area contributed by atoms with Gasteiger partial charge in [0, 0.05) is 15.5 Å². The standard InChI is InChI=1S/C17H19NS2/c1-13(2)14-5-7-15(8-6-14)19-12-17-10-9-16(20-17)4-3-11-18/h5-10,13H,11-12,18H2,1-2H3. The summed E-state index contributed by atoms with van der Waals surface area (Å²) in [7, 11) is 0. The van der Waals surface area contributed by atoms with Crippen LogP contribution in [0, 0.1) is 11.8 Å². The fourth-order valence-corrected chi connectivity index (χ4v) is 3.59. The van der Waals surface area contributed by atoms with Crippen LogP contribution in [0.15, 0.2) is 41.3 Å². The third-order valence-electron chi connectivity index (χ3n) is 2.90. The molecule has 0 amide bonds. The maximum atomic E-state index is 5.38. The molecule has 0 radical (unpaired) electrons. The number of benzene rings is 1. The minimum Gasteiger partial charge on any atom is -0.320 e. The van der Waals surface area contributed by atoms with Gasteiger partial charge in [-0.15, -0.1) is 23.1 Å². The number of rotatable bonds is 4. The van der Waals surface area contributed by atoms with Crippen molar-refractivity contribution in [2.45, 2.75) is 30.4 Å². The lowest BCUT2D eigenvalue weighted by atomic mass is 10.0. The van der Waals surface area contributed by atoms with Crippen molar-refractivity contribution in [1.82, 2.24) is 0 Å². The van der Waals surface area contributed by atoms with Gasteiger partial charge in [-0.25, -0.2) is 0 Å². The van der Waals surface area contributed by atoms with Gasteiger partial charge in [0.2, 0.25) is 0 Å². The Balaban J connectivity index is 1.93. The van der Waals surface area contributed by atoms with Crippen molar-refractivity contribution in [1.29, 1.82) is 0 Å². The van der Waals surface area contributed by atoms with Crippen LogP contribution in [0.1, 0.15) is 35.1 Å². The van der Waals surface area contributed by atoms with Crippen molar-refractivity contribution in [3.05, 3.63) is 51.7 Å². The molecule has 1 nitrogen and oxygen atoms in total. The first-order valence-corrected chi connectivity index (χ1v) is 8.49. The van der Waals surface area contributed by atoms with Crippen molar-refractivity contribution in [2.75, 3.05) is 6.54 Å². The predicted molar refractivity (Wildman–Crippen MR) is 90.3 cm³/mol. The third kappa shape index (κ3) is 4.42. The molecule has 1 aromatic carbocycles. The Labute approximate surface area is 129 Å². The van der Waals surface area contributed by atoms with Gasteiger partial charge in [-0.3, -0.25) is 0 Å². The van der Waals surface area contributed by atoms with Crippen molar-refractivity contribution >= 4 is 23.1 Å². The quantitative estimate of drug-likeness (QED) is 0.666. The first kappa shape index (κ1) is 15.2.